The van der Waals surface area contributed by atoms with E-state index in [2.05, 4.69) is 90.0 Å². The van der Waals surface area contributed by atoms with Gasteiger partial charge in [0.25, 0.3) is 0 Å². The first-order valence-electron chi connectivity index (χ1n) is 14.6. The van der Waals surface area contributed by atoms with Gasteiger partial charge in [0, 0.05) is 36.7 Å². The number of fused-ring (bicyclic) bond motifs is 3. The minimum atomic E-state index is -1.03. The van der Waals surface area contributed by atoms with Gasteiger partial charge in [-0.15, -0.1) is 12.4 Å². The van der Waals surface area contributed by atoms with Crippen molar-refractivity contribution in [3.8, 4) is 5.75 Å². The number of ether oxygens (including phenoxy) is 1. The first kappa shape index (κ1) is 31.5. The van der Waals surface area contributed by atoms with E-state index in [0.29, 0.717) is 19.0 Å². The molecule has 5 atom stereocenters. The van der Waals surface area contributed by atoms with Crippen LogP contribution in [0.15, 0.2) is 78.9 Å². The zero-order valence-corrected chi connectivity index (χ0v) is 25.3. The number of amides is 1. The van der Waals surface area contributed by atoms with Gasteiger partial charge in [0.15, 0.2) is 0 Å². The lowest BCUT2D eigenvalue weighted by molar-refractivity contribution is -0.141. The fourth-order valence-electron chi connectivity index (χ4n) is 6.87. The van der Waals surface area contributed by atoms with Crippen LogP contribution in [0.2, 0.25) is 0 Å². The summed E-state index contributed by atoms with van der Waals surface area (Å²) in [5.41, 5.74) is 4.84. The second kappa shape index (κ2) is 14.2. The first-order valence-corrected chi connectivity index (χ1v) is 14.6. The summed E-state index contributed by atoms with van der Waals surface area (Å²) in [5, 5.41) is 15.8. The highest BCUT2D eigenvalue weighted by Gasteiger charge is 2.52. The fraction of sp³-hybridized carbons (Fsp3) is 0.412. The van der Waals surface area contributed by atoms with E-state index in [1.807, 2.05) is 18.2 Å². The molecule has 0 spiro atoms. The van der Waals surface area contributed by atoms with E-state index in [9.17, 15) is 14.7 Å². The van der Waals surface area contributed by atoms with Crippen molar-refractivity contribution in [1.82, 2.24) is 15.5 Å². The van der Waals surface area contributed by atoms with E-state index in [4.69, 9.17) is 4.74 Å². The molecule has 3 aromatic carbocycles. The molecule has 8 heteroatoms. The van der Waals surface area contributed by atoms with E-state index in [-0.39, 0.29) is 54.7 Å². The normalized spacial score (nSPS) is 22.9. The number of rotatable bonds is 11. The summed E-state index contributed by atoms with van der Waals surface area (Å²) >= 11 is 0. The van der Waals surface area contributed by atoms with Crippen LogP contribution < -0.4 is 15.4 Å². The maximum atomic E-state index is 13.3. The molecular weight excluding hydrogens is 550 g/mol. The van der Waals surface area contributed by atoms with Crippen LogP contribution in [0, 0.1) is 11.8 Å². The number of benzene rings is 3. The summed E-state index contributed by atoms with van der Waals surface area (Å²) in [6, 6.07) is 27.7. The molecule has 7 nitrogen and oxygen atoms in total. The molecule has 6 rings (SSSR count). The molecule has 3 fully saturated rings. The van der Waals surface area contributed by atoms with Gasteiger partial charge in [-0.25, -0.2) is 0 Å². The highest BCUT2D eigenvalue weighted by molar-refractivity contribution is 5.85. The Labute approximate surface area is 255 Å². The Morgan fingerprint density at radius 3 is 2.19 bits per heavy atom. The minimum absolute atomic E-state index is 0. The molecule has 1 amide bonds. The van der Waals surface area contributed by atoms with Crippen molar-refractivity contribution in [3.63, 3.8) is 0 Å². The van der Waals surface area contributed by atoms with Crippen LogP contribution in [-0.4, -0.2) is 60.7 Å². The molecule has 5 unspecified atom stereocenters. The summed E-state index contributed by atoms with van der Waals surface area (Å²) in [6.45, 7) is 6.13. The fourth-order valence-corrected chi connectivity index (χ4v) is 6.87. The molecule has 3 saturated heterocycles. The summed E-state index contributed by atoms with van der Waals surface area (Å²) < 4.78 is 5.74. The number of nitrogens with zero attached hydrogens (tertiary/aromatic N) is 1. The Morgan fingerprint density at radius 1 is 0.976 bits per heavy atom. The number of carboxylic acid groups (broad SMARTS) is 1. The third-order valence-corrected chi connectivity index (χ3v) is 8.86. The predicted molar refractivity (Wildman–Crippen MR) is 167 cm³/mol. The Morgan fingerprint density at radius 2 is 1.62 bits per heavy atom. The van der Waals surface area contributed by atoms with Gasteiger partial charge >= 0.3 is 5.97 Å². The Kier molecular flexibility index (Phi) is 10.7. The zero-order chi connectivity index (χ0) is 28.9. The number of methoxy groups -OCH3 is 1. The van der Waals surface area contributed by atoms with Gasteiger partial charge in [0.1, 0.15) is 12.3 Å². The van der Waals surface area contributed by atoms with Crippen LogP contribution in [0.4, 0.5) is 0 Å². The summed E-state index contributed by atoms with van der Waals surface area (Å²) in [7, 11) is 1.70. The maximum Gasteiger partial charge on any atom is 0.322 e. The van der Waals surface area contributed by atoms with E-state index in [1.165, 1.54) is 16.7 Å². The van der Waals surface area contributed by atoms with Crippen LogP contribution in [0.3, 0.4) is 0 Å². The van der Waals surface area contributed by atoms with Gasteiger partial charge in [-0.1, -0.05) is 86.6 Å². The van der Waals surface area contributed by atoms with Gasteiger partial charge in [0.2, 0.25) is 5.91 Å². The van der Waals surface area contributed by atoms with E-state index < -0.39 is 5.97 Å². The summed E-state index contributed by atoms with van der Waals surface area (Å²) in [5.74, 6) is -0.0870. The number of halogens is 1. The van der Waals surface area contributed by atoms with Gasteiger partial charge in [-0.3, -0.25) is 14.5 Å². The van der Waals surface area contributed by atoms with Crippen molar-refractivity contribution < 1.29 is 19.4 Å². The SMILES string of the molecule is COc1ccc(C(C)C)cc1CNC1C2CCN(CC2C(=O)NCC(=O)O)C1C(c1ccccc1)c1ccccc1.Cl. The number of aliphatic carboxylic acids is 1. The average molecular weight is 592 g/mol. The number of carbonyl (C=O) groups is 2. The molecular formula is C34H42ClN3O4. The van der Waals surface area contributed by atoms with E-state index >= 15 is 0 Å². The minimum Gasteiger partial charge on any atom is -0.496 e. The van der Waals surface area contributed by atoms with E-state index in [1.54, 1.807) is 7.11 Å². The van der Waals surface area contributed by atoms with Crippen molar-refractivity contribution in [2.45, 2.75) is 50.7 Å². The molecule has 3 aromatic rings. The number of hydrogen-bond acceptors (Lipinski definition) is 5. The van der Waals surface area contributed by atoms with Crippen molar-refractivity contribution >= 4 is 24.3 Å². The Balaban J connectivity index is 0.00000405. The first-order chi connectivity index (χ1) is 19.9. The van der Waals surface area contributed by atoms with Crippen molar-refractivity contribution in [1.29, 1.82) is 0 Å². The molecule has 3 N–H and O–H groups in total. The smallest absolute Gasteiger partial charge is 0.322 e. The highest BCUT2D eigenvalue weighted by atomic mass is 35.5. The van der Waals surface area contributed by atoms with E-state index in [0.717, 1.165) is 24.3 Å². The molecule has 2 bridgehead atoms. The molecule has 0 radical (unpaired) electrons. The average Bonchev–Trinajstić information content (AvgIpc) is 3.00. The molecule has 42 heavy (non-hydrogen) atoms. The van der Waals surface area contributed by atoms with Gasteiger partial charge < -0.3 is 20.5 Å². The maximum absolute atomic E-state index is 13.3. The molecule has 224 valence electrons. The highest BCUT2D eigenvalue weighted by Crippen LogP contribution is 2.44. The Bertz CT molecular complexity index is 1300. The summed E-state index contributed by atoms with van der Waals surface area (Å²) in [6.07, 6.45) is 0.874. The van der Waals surface area contributed by atoms with Crippen molar-refractivity contribution in [2.75, 3.05) is 26.7 Å². The van der Waals surface area contributed by atoms with Crippen molar-refractivity contribution in [3.05, 3.63) is 101 Å². The predicted octanol–water partition coefficient (Wildman–Crippen LogP) is 5.05. The number of carbonyl (C=O) groups excluding carboxylic acids is 1. The van der Waals surface area contributed by atoms with Crippen LogP contribution in [0.25, 0.3) is 0 Å². The second-order valence-corrected chi connectivity index (χ2v) is 11.6. The molecule has 3 aliphatic heterocycles. The van der Waals surface area contributed by atoms with Gasteiger partial charge in [-0.2, -0.15) is 0 Å². The zero-order valence-electron chi connectivity index (χ0n) is 24.5. The third kappa shape index (κ3) is 6.80. The van der Waals surface area contributed by atoms with Crippen LogP contribution >= 0.6 is 12.4 Å². The van der Waals surface area contributed by atoms with Gasteiger partial charge in [0.05, 0.1) is 13.0 Å². The van der Waals surface area contributed by atoms with Crippen LogP contribution in [-0.2, 0) is 16.1 Å². The topological polar surface area (TPSA) is 90.9 Å². The Hall–Kier alpha value is -3.39. The van der Waals surface area contributed by atoms with Gasteiger partial charge in [-0.05, 0) is 47.6 Å². The quantitative estimate of drug-likeness (QED) is 0.289. The molecule has 0 saturated carbocycles. The van der Waals surface area contributed by atoms with Crippen molar-refractivity contribution in [2.24, 2.45) is 11.8 Å². The standard InChI is InChI=1S/C34H41N3O4.ClH/c1-22(2)25-14-15-29(41-3)26(18-25)19-35-32-27-16-17-37(21-28(27)34(40)36-20-30(38)39)33(32)31(23-10-6-4-7-11-23)24-12-8-5-9-13-24;/h4-15,18,22,27-28,31-33,35H,16-17,19-21H2,1-3H3,(H,36,40)(H,38,39);1H. The lowest BCUT2D eigenvalue weighted by Gasteiger charge is -2.56. The molecule has 3 heterocycles. The lowest BCUT2D eigenvalue weighted by Crippen LogP contribution is -2.69. The second-order valence-electron chi connectivity index (χ2n) is 11.6. The number of carboxylic acids is 1. The largest absolute Gasteiger partial charge is 0.496 e. The molecule has 0 aliphatic carbocycles. The number of nitrogens with one attached hydrogen (secondary N) is 2. The lowest BCUT2D eigenvalue weighted by atomic mass is 9.66. The van der Waals surface area contributed by atoms with Crippen LogP contribution in [0.5, 0.6) is 5.75 Å². The van der Waals surface area contributed by atoms with Crippen LogP contribution in [0.1, 0.15) is 54.4 Å². The summed E-state index contributed by atoms with van der Waals surface area (Å²) in [4.78, 5) is 27.0. The number of hydrogen-bond donors (Lipinski definition) is 3. The monoisotopic (exact) mass is 591 g/mol. The molecule has 0 aromatic heterocycles. The molecule has 3 aliphatic rings. The third-order valence-electron chi connectivity index (χ3n) is 8.86. The number of piperidine rings is 3.